The maximum Gasteiger partial charge on any atom is 0.416 e. The molecule has 7 rings (SSSR count). The Morgan fingerprint density at radius 2 is 1.41 bits per heavy atom. The molecule has 1 N–H and O–H groups in total. The van der Waals surface area contributed by atoms with E-state index in [-0.39, 0.29) is 44.9 Å². The first-order valence-electron chi connectivity index (χ1n) is 18.9. The summed E-state index contributed by atoms with van der Waals surface area (Å²) in [5.74, 6) is -1.99. The summed E-state index contributed by atoms with van der Waals surface area (Å²) in [6, 6.07) is 23.1. The van der Waals surface area contributed by atoms with Crippen LogP contribution in [0.25, 0.3) is 6.08 Å². The molecule has 10 nitrogen and oxygen atoms in total. The van der Waals surface area contributed by atoms with Gasteiger partial charge in [-0.1, -0.05) is 91.0 Å². The first-order valence-corrected chi connectivity index (χ1v) is 18.9. The Labute approximate surface area is 335 Å². The molecular weight excluding hydrogens is 780 g/mol. The molecule has 3 heterocycles. The molecule has 0 aliphatic carbocycles. The molecule has 4 atom stereocenters. The number of carbonyl (C=O) groups excluding carboxylic acids is 4. The number of hydrogen-bond acceptors (Lipinski definition) is 6. The molecule has 0 bridgehead atoms. The number of ether oxygens (including phenoxy) is 1. The highest BCUT2D eigenvalue weighted by Gasteiger charge is 2.58. The van der Waals surface area contributed by atoms with Gasteiger partial charge in [0.1, 0.15) is 18.7 Å². The number of benzene rings is 4. The van der Waals surface area contributed by atoms with Crippen molar-refractivity contribution in [1.29, 1.82) is 0 Å². The number of alkyl halides is 6. The topological polar surface area (TPSA) is 103 Å². The lowest BCUT2D eigenvalue weighted by atomic mass is 9.87. The molecule has 0 aromatic heterocycles. The third kappa shape index (κ3) is 9.06. The van der Waals surface area contributed by atoms with E-state index >= 15 is 0 Å². The van der Waals surface area contributed by atoms with Gasteiger partial charge in [-0.15, -0.1) is 0 Å². The third-order valence-corrected chi connectivity index (χ3v) is 10.7. The Kier molecular flexibility index (Phi) is 11.7. The van der Waals surface area contributed by atoms with Crippen LogP contribution in [0.1, 0.15) is 40.3 Å². The van der Waals surface area contributed by atoms with Gasteiger partial charge in [0.2, 0.25) is 17.7 Å². The van der Waals surface area contributed by atoms with Gasteiger partial charge >= 0.3 is 18.4 Å². The van der Waals surface area contributed by atoms with Gasteiger partial charge in [0.25, 0.3) is 0 Å². The van der Waals surface area contributed by atoms with Crippen molar-refractivity contribution < 1.29 is 50.3 Å². The molecule has 0 saturated carbocycles. The minimum Gasteiger partial charge on any atom is -0.447 e. The Bertz CT molecular complexity index is 2190. The molecule has 16 heteroatoms. The number of hydrogen-bond donors (Lipinski definition) is 1. The predicted molar refractivity (Wildman–Crippen MR) is 204 cm³/mol. The summed E-state index contributed by atoms with van der Waals surface area (Å²) < 4.78 is 86.2. The average molecular weight is 820 g/mol. The lowest BCUT2D eigenvalue weighted by Gasteiger charge is -2.52. The quantitative estimate of drug-likeness (QED) is 0.130. The van der Waals surface area contributed by atoms with Crippen molar-refractivity contribution in [2.45, 2.75) is 49.5 Å². The number of likely N-dealkylation sites (tertiary alicyclic amines) is 1. The molecule has 308 valence electrons. The summed E-state index contributed by atoms with van der Waals surface area (Å²) in [4.78, 5) is 61.8. The second-order valence-electron chi connectivity index (χ2n) is 14.4. The molecule has 3 aliphatic heterocycles. The first-order chi connectivity index (χ1) is 28.2. The summed E-state index contributed by atoms with van der Waals surface area (Å²) in [5, 5.41) is 2.62. The molecule has 0 radical (unpaired) electrons. The van der Waals surface area contributed by atoms with Gasteiger partial charge in [0.15, 0.2) is 0 Å². The number of nitrogens with one attached hydrogen (secondary N) is 1. The zero-order chi connectivity index (χ0) is 41.9. The third-order valence-electron chi connectivity index (χ3n) is 10.7. The number of amides is 4. The zero-order valence-corrected chi connectivity index (χ0v) is 31.4. The van der Waals surface area contributed by atoms with Crippen molar-refractivity contribution in [2.75, 3.05) is 37.7 Å². The van der Waals surface area contributed by atoms with Crippen molar-refractivity contribution in [1.82, 2.24) is 20.0 Å². The van der Waals surface area contributed by atoms with Crippen LogP contribution in [0.2, 0.25) is 0 Å². The highest BCUT2D eigenvalue weighted by atomic mass is 19.4. The second kappa shape index (κ2) is 16.9. The Morgan fingerprint density at radius 1 is 0.780 bits per heavy atom. The van der Waals surface area contributed by atoms with Crippen molar-refractivity contribution in [2.24, 2.45) is 0 Å². The number of β-lactam (4-membered cyclic amide) rings is 1. The summed E-state index contributed by atoms with van der Waals surface area (Å²) in [5.41, 5.74) is 0.191. The second-order valence-corrected chi connectivity index (χ2v) is 14.4. The van der Waals surface area contributed by atoms with Crippen LogP contribution in [0.3, 0.4) is 0 Å². The van der Waals surface area contributed by atoms with Crippen molar-refractivity contribution in [3.63, 3.8) is 0 Å². The minimum atomic E-state index is -4.63. The van der Waals surface area contributed by atoms with Crippen molar-refractivity contribution in [3.8, 4) is 0 Å². The monoisotopic (exact) mass is 819 g/mol. The summed E-state index contributed by atoms with van der Waals surface area (Å²) in [6.07, 6.45) is -7.05. The maximum atomic E-state index is 14.4. The predicted octanol–water partition coefficient (Wildman–Crippen LogP) is 6.93. The van der Waals surface area contributed by atoms with E-state index in [4.69, 9.17) is 4.74 Å². The number of carbonyl (C=O) groups is 4. The fraction of sp³-hybridized carbons (Fsp3) is 0.302. The van der Waals surface area contributed by atoms with E-state index < -0.39 is 77.9 Å². The molecule has 4 aromatic carbocycles. The standard InChI is InChI=1S/C43H39F6N5O5/c44-42(45,46)31-14-7-11-29(23-31)26-50-39(56)35(25-37(55)52-21-19-51(20-22-52)33-16-8-15-32(24-33)43(47,48)49)53-34(18-17-28-9-3-1-4-10-28)38(40(53)57)54-36(27-59-41(54)58)30-12-5-2-6-13-30/h1-18,23-24,34-36,38H,19-22,25-27H2,(H,50,56)/b18-17+/t34-,35+,36+,38+/m1/s1. The van der Waals surface area contributed by atoms with Gasteiger partial charge in [0, 0.05) is 38.4 Å². The smallest absolute Gasteiger partial charge is 0.416 e. The molecular formula is C43H39F6N5O5. The number of cyclic esters (lactones) is 1. The van der Waals surface area contributed by atoms with Crippen LogP contribution in [0.5, 0.6) is 0 Å². The molecule has 4 amide bonds. The molecule has 59 heavy (non-hydrogen) atoms. The van der Waals surface area contributed by atoms with E-state index in [9.17, 15) is 45.5 Å². The van der Waals surface area contributed by atoms with Crippen LogP contribution in [0.15, 0.2) is 115 Å². The van der Waals surface area contributed by atoms with Crippen molar-refractivity contribution in [3.05, 3.63) is 143 Å². The van der Waals surface area contributed by atoms with E-state index in [0.717, 1.165) is 29.8 Å². The van der Waals surface area contributed by atoms with Crippen LogP contribution in [0.4, 0.5) is 36.8 Å². The Balaban J connectivity index is 1.17. The number of piperazine rings is 1. The number of nitrogens with zero attached hydrogens (tertiary/aromatic N) is 4. The van der Waals surface area contributed by atoms with E-state index in [1.165, 1.54) is 32.9 Å². The van der Waals surface area contributed by atoms with Gasteiger partial charge in [-0.3, -0.25) is 19.3 Å². The molecule has 3 fully saturated rings. The lowest BCUT2D eigenvalue weighted by molar-refractivity contribution is -0.164. The lowest BCUT2D eigenvalue weighted by Crippen LogP contribution is -2.74. The number of anilines is 1. The molecule has 4 aromatic rings. The normalized spacial score (nSPS) is 20.4. The largest absolute Gasteiger partial charge is 0.447 e. The van der Waals surface area contributed by atoms with Gasteiger partial charge < -0.3 is 24.8 Å². The average Bonchev–Trinajstić information content (AvgIpc) is 3.61. The van der Waals surface area contributed by atoms with Crippen LogP contribution in [-0.2, 0) is 38.0 Å². The highest BCUT2D eigenvalue weighted by molar-refractivity contribution is 5.99. The minimum absolute atomic E-state index is 0.0341. The molecule has 0 spiro atoms. The number of rotatable bonds is 11. The molecule has 0 unspecified atom stereocenters. The molecule has 3 saturated heterocycles. The van der Waals surface area contributed by atoms with E-state index in [0.29, 0.717) is 11.3 Å². The van der Waals surface area contributed by atoms with Gasteiger partial charge in [-0.25, -0.2) is 4.79 Å². The van der Waals surface area contributed by atoms with Gasteiger partial charge in [-0.05, 0) is 47.0 Å². The Morgan fingerprint density at radius 3 is 2.07 bits per heavy atom. The van der Waals surface area contributed by atoms with Crippen LogP contribution in [0, 0.1) is 0 Å². The van der Waals surface area contributed by atoms with E-state index in [2.05, 4.69) is 5.32 Å². The fourth-order valence-electron chi connectivity index (χ4n) is 7.67. The van der Waals surface area contributed by atoms with Crippen LogP contribution >= 0.6 is 0 Å². The number of halogens is 6. The van der Waals surface area contributed by atoms with Gasteiger partial charge in [-0.2, -0.15) is 26.3 Å². The van der Waals surface area contributed by atoms with Crippen molar-refractivity contribution >= 4 is 35.6 Å². The maximum absolute atomic E-state index is 14.4. The van der Waals surface area contributed by atoms with Gasteiger partial charge in [0.05, 0.1) is 29.6 Å². The Hall–Kier alpha value is -6.32. The SMILES string of the molecule is O=C(NCc1cccc(C(F)(F)F)c1)[C@H](CC(=O)N1CCN(c2cccc(C(F)(F)F)c2)CC1)N1C(=O)[C@@H](N2C(=O)OC[C@H]2c2ccccc2)[C@H]1/C=C/c1ccccc1. The highest BCUT2D eigenvalue weighted by Crippen LogP contribution is 2.39. The zero-order valence-electron chi connectivity index (χ0n) is 31.4. The first kappa shape index (κ1) is 40.9. The van der Waals surface area contributed by atoms with E-state index in [1.54, 1.807) is 65.6 Å². The van der Waals surface area contributed by atoms with Crippen LogP contribution in [-0.4, -0.2) is 89.4 Å². The van der Waals surface area contributed by atoms with E-state index in [1.807, 2.05) is 18.2 Å². The summed E-state index contributed by atoms with van der Waals surface area (Å²) in [7, 11) is 0. The molecule has 3 aliphatic rings. The summed E-state index contributed by atoms with van der Waals surface area (Å²) >= 11 is 0. The fourth-order valence-corrected chi connectivity index (χ4v) is 7.67. The van der Waals surface area contributed by atoms with Crippen LogP contribution < -0.4 is 10.2 Å². The summed E-state index contributed by atoms with van der Waals surface area (Å²) in [6.45, 7) is 0.177.